The number of hydrogen-bond donors (Lipinski definition) is 3. The first-order valence-corrected chi connectivity index (χ1v) is 10.7. The van der Waals surface area contributed by atoms with E-state index < -0.39 is 17.8 Å². The van der Waals surface area contributed by atoms with Gasteiger partial charge in [-0.05, 0) is 39.0 Å². The molecule has 1 aliphatic heterocycles. The van der Waals surface area contributed by atoms with Crippen LogP contribution in [-0.4, -0.2) is 55.2 Å². The highest BCUT2D eigenvalue weighted by Gasteiger charge is 2.34. The summed E-state index contributed by atoms with van der Waals surface area (Å²) >= 11 is 0. The van der Waals surface area contributed by atoms with Crippen LogP contribution in [0.5, 0.6) is 0 Å². The third kappa shape index (κ3) is 5.04. The van der Waals surface area contributed by atoms with Crippen LogP contribution in [0.1, 0.15) is 44.1 Å². The fourth-order valence-electron chi connectivity index (χ4n) is 3.98. The zero-order chi connectivity index (χ0) is 22.5. The van der Waals surface area contributed by atoms with Crippen molar-refractivity contribution >= 4 is 34.4 Å². The number of halogens is 1. The number of piperidine rings is 1. The molecule has 3 rings (SSSR count). The fraction of sp³-hybridized carbons (Fsp3) is 0.500. The van der Waals surface area contributed by atoms with Crippen molar-refractivity contribution in [3.63, 3.8) is 0 Å². The first-order valence-electron chi connectivity index (χ1n) is 10.7. The van der Waals surface area contributed by atoms with Gasteiger partial charge in [-0.25, -0.2) is 9.18 Å². The fourth-order valence-corrected chi connectivity index (χ4v) is 3.98. The Morgan fingerprint density at radius 1 is 1.19 bits per heavy atom. The van der Waals surface area contributed by atoms with Crippen molar-refractivity contribution in [3.05, 3.63) is 29.7 Å². The Kier molecular flexibility index (Phi) is 7.27. The number of benzene rings is 1. The Balaban J connectivity index is 1.75. The minimum atomic E-state index is -0.621. The average molecular weight is 434 g/mol. The first kappa shape index (κ1) is 22.7. The molecule has 1 aromatic heterocycles. The van der Waals surface area contributed by atoms with Crippen LogP contribution < -0.4 is 10.2 Å². The molecule has 0 spiro atoms. The van der Waals surface area contributed by atoms with E-state index in [1.165, 1.54) is 18.2 Å². The zero-order valence-corrected chi connectivity index (χ0v) is 18.0. The molecule has 168 valence electrons. The highest BCUT2D eigenvalue weighted by Crippen LogP contribution is 2.29. The number of rotatable bonds is 7. The summed E-state index contributed by atoms with van der Waals surface area (Å²) < 4.78 is 24.0. The molecule has 0 bridgehead atoms. The van der Waals surface area contributed by atoms with Crippen molar-refractivity contribution < 1.29 is 33.1 Å². The van der Waals surface area contributed by atoms with Crippen LogP contribution in [0.3, 0.4) is 0 Å². The number of nitrogens with one attached hydrogen (secondary N) is 3. The van der Waals surface area contributed by atoms with Gasteiger partial charge in [0.1, 0.15) is 11.5 Å². The SMILES string of the molecule is CCOC(=O)c1[nH]c2ccc(F)cc2c1NC(=O)[C@H](C)[NH+]1CCC(C(=O)OCC)CC1. The summed E-state index contributed by atoms with van der Waals surface area (Å²) in [6.07, 6.45) is 1.30. The summed E-state index contributed by atoms with van der Waals surface area (Å²) in [6.45, 7) is 7.12. The maximum atomic E-state index is 13.8. The molecule has 3 N–H and O–H groups in total. The molecule has 1 fully saturated rings. The van der Waals surface area contributed by atoms with Crippen LogP contribution in [0, 0.1) is 11.7 Å². The number of esters is 2. The molecule has 1 aliphatic rings. The Hall–Kier alpha value is -2.94. The van der Waals surface area contributed by atoms with E-state index in [0.717, 1.165) is 4.90 Å². The highest BCUT2D eigenvalue weighted by atomic mass is 19.1. The van der Waals surface area contributed by atoms with Gasteiger partial charge in [-0.2, -0.15) is 0 Å². The number of anilines is 1. The van der Waals surface area contributed by atoms with Crippen molar-refractivity contribution in [1.82, 2.24) is 4.98 Å². The molecule has 0 unspecified atom stereocenters. The monoisotopic (exact) mass is 434 g/mol. The van der Waals surface area contributed by atoms with Gasteiger partial charge in [0.2, 0.25) is 0 Å². The third-order valence-electron chi connectivity index (χ3n) is 5.74. The largest absolute Gasteiger partial charge is 0.466 e. The molecule has 0 radical (unpaired) electrons. The van der Waals surface area contributed by atoms with Crippen molar-refractivity contribution in [1.29, 1.82) is 0 Å². The second kappa shape index (κ2) is 9.91. The van der Waals surface area contributed by atoms with Gasteiger partial charge in [0.15, 0.2) is 6.04 Å². The predicted molar refractivity (Wildman–Crippen MR) is 112 cm³/mol. The van der Waals surface area contributed by atoms with Gasteiger partial charge in [-0.15, -0.1) is 0 Å². The van der Waals surface area contributed by atoms with E-state index in [-0.39, 0.29) is 35.8 Å². The molecule has 1 atom stereocenters. The summed E-state index contributed by atoms with van der Waals surface area (Å²) in [5.41, 5.74) is 0.819. The highest BCUT2D eigenvalue weighted by molar-refractivity contribution is 6.11. The molecule has 31 heavy (non-hydrogen) atoms. The molecule has 1 saturated heterocycles. The minimum Gasteiger partial charge on any atom is -0.466 e. The van der Waals surface area contributed by atoms with Crippen LogP contribution >= 0.6 is 0 Å². The zero-order valence-electron chi connectivity index (χ0n) is 18.0. The maximum absolute atomic E-state index is 13.8. The Morgan fingerprint density at radius 3 is 2.52 bits per heavy atom. The Morgan fingerprint density at radius 2 is 1.87 bits per heavy atom. The van der Waals surface area contributed by atoms with Gasteiger partial charge < -0.3 is 24.7 Å². The molecule has 1 amide bonds. The number of aromatic amines is 1. The molecular weight excluding hydrogens is 405 g/mol. The number of ether oxygens (including phenoxy) is 2. The summed E-state index contributed by atoms with van der Waals surface area (Å²) in [5, 5.41) is 3.20. The smallest absolute Gasteiger partial charge is 0.356 e. The van der Waals surface area contributed by atoms with E-state index in [1.54, 1.807) is 20.8 Å². The van der Waals surface area contributed by atoms with Gasteiger partial charge in [-0.1, -0.05) is 0 Å². The topological polar surface area (TPSA) is 102 Å². The second-order valence-electron chi connectivity index (χ2n) is 7.68. The van der Waals surface area contributed by atoms with Crippen LogP contribution in [0.2, 0.25) is 0 Å². The summed E-state index contributed by atoms with van der Waals surface area (Å²) in [7, 11) is 0. The number of hydrogen-bond acceptors (Lipinski definition) is 5. The molecule has 9 heteroatoms. The van der Waals surface area contributed by atoms with Gasteiger partial charge >= 0.3 is 11.9 Å². The lowest BCUT2D eigenvalue weighted by Crippen LogP contribution is -3.17. The predicted octanol–water partition coefficient (Wildman–Crippen LogP) is 1.67. The van der Waals surface area contributed by atoms with Crippen LogP contribution in [-0.2, 0) is 19.1 Å². The lowest BCUT2D eigenvalue weighted by molar-refractivity contribution is -0.919. The summed E-state index contributed by atoms with van der Waals surface area (Å²) in [6, 6.07) is 3.64. The second-order valence-corrected chi connectivity index (χ2v) is 7.68. The van der Waals surface area contributed by atoms with E-state index in [0.29, 0.717) is 43.4 Å². The molecule has 8 nitrogen and oxygen atoms in total. The average Bonchev–Trinajstić information content (AvgIpc) is 3.11. The third-order valence-corrected chi connectivity index (χ3v) is 5.74. The van der Waals surface area contributed by atoms with Crippen LogP contribution in [0.15, 0.2) is 18.2 Å². The van der Waals surface area contributed by atoms with Crippen LogP contribution in [0.25, 0.3) is 10.9 Å². The lowest BCUT2D eigenvalue weighted by atomic mass is 9.96. The summed E-state index contributed by atoms with van der Waals surface area (Å²) in [4.78, 5) is 41.3. The molecular formula is C22H29FN3O5+. The Labute approximate surface area is 180 Å². The molecule has 0 saturated carbocycles. The van der Waals surface area contributed by atoms with Gasteiger partial charge in [0.25, 0.3) is 5.91 Å². The number of amides is 1. The molecule has 2 heterocycles. The van der Waals surface area contributed by atoms with Crippen molar-refractivity contribution in [2.45, 2.75) is 39.7 Å². The van der Waals surface area contributed by atoms with Gasteiger partial charge in [0, 0.05) is 23.7 Å². The van der Waals surface area contributed by atoms with E-state index in [1.807, 2.05) is 0 Å². The van der Waals surface area contributed by atoms with E-state index in [9.17, 15) is 18.8 Å². The Bertz CT molecular complexity index is 965. The number of aromatic nitrogens is 1. The lowest BCUT2D eigenvalue weighted by Gasteiger charge is -2.31. The molecule has 1 aromatic carbocycles. The number of carbonyl (C=O) groups is 3. The molecule has 2 aromatic rings. The van der Waals surface area contributed by atoms with E-state index in [2.05, 4.69) is 10.3 Å². The minimum absolute atomic E-state index is 0.0824. The van der Waals surface area contributed by atoms with Crippen molar-refractivity contribution in [2.24, 2.45) is 5.92 Å². The standard InChI is InChI=1S/C22H28FN3O5/c1-4-30-21(28)14-8-10-26(11-9-14)13(3)20(27)25-18-16-12-15(23)6-7-17(16)24-19(18)22(29)31-5-2/h6-7,12-14,24H,4-5,8-11H2,1-3H3,(H,25,27)/p+1/t13-/m0/s1. The van der Waals surface area contributed by atoms with Crippen molar-refractivity contribution in [3.8, 4) is 0 Å². The van der Waals surface area contributed by atoms with Gasteiger partial charge in [-0.3, -0.25) is 9.59 Å². The number of quaternary nitrogens is 1. The van der Waals surface area contributed by atoms with Crippen molar-refractivity contribution in [2.75, 3.05) is 31.6 Å². The van der Waals surface area contributed by atoms with E-state index >= 15 is 0 Å². The number of likely N-dealkylation sites (tertiary alicyclic amines) is 1. The number of carbonyl (C=O) groups excluding carboxylic acids is 3. The van der Waals surface area contributed by atoms with E-state index in [4.69, 9.17) is 9.47 Å². The normalized spacial score (nSPS) is 19.6. The van der Waals surface area contributed by atoms with Crippen LogP contribution in [0.4, 0.5) is 10.1 Å². The summed E-state index contributed by atoms with van der Waals surface area (Å²) in [5.74, 6) is -1.70. The number of fused-ring (bicyclic) bond motifs is 1. The first-order chi connectivity index (χ1) is 14.8. The molecule has 0 aliphatic carbocycles. The quantitative estimate of drug-likeness (QED) is 0.576. The van der Waals surface area contributed by atoms with Gasteiger partial charge in [0.05, 0.1) is 37.9 Å². The number of H-pyrrole nitrogens is 1. The maximum Gasteiger partial charge on any atom is 0.356 e.